The number of para-hydroxylation sites is 1. The summed E-state index contributed by atoms with van der Waals surface area (Å²) in [6.45, 7) is 3.74. The van der Waals surface area contributed by atoms with Crippen LogP contribution in [-0.4, -0.2) is 56.1 Å². The normalized spacial score (nSPS) is 19.2. The first-order chi connectivity index (χ1) is 16.9. The highest BCUT2D eigenvalue weighted by molar-refractivity contribution is 6.15. The largest absolute Gasteiger partial charge is 0.463 e. The summed E-state index contributed by atoms with van der Waals surface area (Å²) in [4.78, 5) is 51.2. The van der Waals surface area contributed by atoms with Gasteiger partial charge in [0.2, 0.25) is 23.3 Å². The number of fused-ring (bicyclic) bond motifs is 3. The van der Waals surface area contributed by atoms with Crippen LogP contribution in [0.15, 0.2) is 53.3 Å². The lowest BCUT2D eigenvalue weighted by atomic mass is 9.95. The van der Waals surface area contributed by atoms with E-state index >= 15 is 0 Å². The molecule has 5 rings (SSSR count). The van der Waals surface area contributed by atoms with Crippen molar-refractivity contribution in [2.75, 3.05) is 11.5 Å². The molecule has 35 heavy (non-hydrogen) atoms. The number of hydrogen-bond donors (Lipinski definition) is 0. The number of amides is 2. The van der Waals surface area contributed by atoms with Crippen molar-refractivity contribution < 1.29 is 23.6 Å². The van der Waals surface area contributed by atoms with E-state index < -0.39 is 11.6 Å². The molecule has 1 unspecified atom stereocenters. The van der Waals surface area contributed by atoms with Crippen LogP contribution < -0.4 is 4.90 Å². The zero-order chi connectivity index (χ0) is 24.6. The first-order valence-corrected chi connectivity index (χ1v) is 11.6. The van der Waals surface area contributed by atoms with Crippen molar-refractivity contribution >= 4 is 23.5 Å². The summed E-state index contributed by atoms with van der Waals surface area (Å²) in [6.07, 6.45) is 4.49. The molecule has 2 aliphatic rings. The average Bonchev–Trinajstić information content (AvgIpc) is 3.48. The molecule has 2 aromatic heterocycles. The van der Waals surface area contributed by atoms with Gasteiger partial charge in [-0.2, -0.15) is 4.98 Å². The molecule has 0 N–H and O–H groups in total. The van der Waals surface area contributed by atoms with Crippen molar-refractivity contribution in [2.45, 2.75) is 51.2 Å². The van der Waals surface area contributed by atoms with E-state index in [1.165, 1.54) is 9.80 Å². The molecule has 3 aromatic rings. The number of nitrogens with zero attached hydrogens (tertiary/aromatic N) is 5. The number of aromatic nitrogens is 3. The van der Waals surface area contributed by atoms with Crippen LogP contribution >= 0.6 is 0 Å². The number of esters is 1. The van der Waals surface area contributed by atoms with Gasteiger partial charge in [0.1, 0.15) is 0 Å². The maximum Gasteiger partial charge on any atom is 0.353 e. The van der Waals surface area contributed by atoms with Gasteiger partial charge in [-0.1, -0.05) is 17.3 Å². The number of pyridine rings is 1. The molecule has 10 heteroatoms. The molecule has 180 valence electrons. The molecule has 2 aliphatic heterocycles. The smallest absolute Gasteiger partial charge is 0.353 e. The lowest BCUT2D eigenvalue weighted by molar-refractivity contribution is -0.158. The lowest BCUT2D eigenvalue weighted by Crippen LogP contribution is -2.70. The van der Waals surface area contributed by atoms with Crippen LogP contribution in [0.3, 0.4) is 0 Å². The zero-order valence-electron chi connectivity index (χ0n) is 19.5. The van der Waals surface area contributed by atoms with E-state index in [0.29, 0.717) is 35.8 Å². The Labute approximate surface area is 201 Å². The summed E-state index contributed by atoms with van der Waals surface area (Å²) in [5.74, 6) is -0.243. The third-order valence-electron chi connectivity index (χ3n) is 6.30. The molecule has 1 atom stereocenters. The molecular weight excluding hydrogens is 450 g/mol. The van der Waals surface area contributed by atoms with Crippen LogP contribution in [0.25, 0.3) is 11.4 Å². The van der Waals surface area contributed by atoms with Gasteiger partial charge in [0.15, 0.2) is 0 Å². The van der Waals surface area contributed by atoms with Gasteiger partial charge in [0.25, 0.3) is 5.91 Å². The second-order valence-corrected chi connectivity index (χ2v) is 8.82. The van der Waals surface area contributed by atoms with Crippen LogP contribution in [0.5, 0.6) is 0 Å². The van der Waals surface area contributed by atoms with Crippen LogP contribution in [-0.2, 0) is 20.7 Å². The molecule has 0 spiro atoms. The molecule has 1 fully saturated rings. The molecule has 1 saturated heterocycles. The Morgan fingerprint density at radius 3 is 2.80 bits per heavy atom. The lowest BCUT2D eigenvalue weighted by Gasteiger charge is -2.50. The van der Waals surface area contributed by atoms with Gasteiger partial charge < -0.3 is 14.2 Å². The topological polar surface area (TPSA) is 119 Å². The first-order valence-electron chi connectivity index (χ1n) is 11.6. The number of ether oxygens (including phenoxy) is 1. The van der Waals surface area contributed by atoms with Crippen LogP contribution in [0.4, 0.5) is 5.69 Å². The summed E-state index contributed by atoms with van der Waals surface area (Å²) < 4.78 is 11.0. The zero-order valence-corrected chi connectivity index (χ0v) is 19.5. The van der Waals surface area contributed by atoms with E-state index in [1.807, 2.05) is 19.9 Å². The third-order valence-corrected chi connectivity index (χ3v) is 6.30. The quantitative estimate of drug-likeness (QED) is 0.378. The molecule has 0 bridgehead atoms. The third kappa shape index (κ3) is 3.74. The fourth-order valence-electron chi connectivity index (χ4n) is 4.85. The van der Waals surface area contributed by atoms with E-state index in [1.54, 1.807) is 42.7 Å². The van der Waals surface area contributed by atoms with Crippen LogP contribution in [0.2, 0.25) is 0 Å². The van der Waals surface area contributed by atoms with Gasteiger partial charge in [-0.3, -0.25) is 19.5 Å². The minimum Gasteiger partial charge on any atom is -0.463 e. The average molecular weight is 476 g/mol. The van der Waals surface area contributed by atoms with Crippen molar-refractivity contribution in [3.63, 3.8) is 0 Å². The second-order valence-electron chi connectivity index (χ2n) is 8.82. The Kier molecular flexibility index (Phi) is 5.80. The van der Waals surface area contributed by atoms with Crippen LogP contribution in [0.1, 0.15) is 49.4 Å². The number of carbonyl (C=O) groups excluding carboxylic acids is 3. The minimum absolute atomic E-state index is 0.0784. The molecule has 2 amide bonds. The number of aryl methyl sites for hydroxylation is 1. The molecule has 0 aliphatic carbocycles. The Morgan fingerprint density at radius 1 is 1.20 bits per heavy atom. The Bertz CT molecular complexity index is 1270. The molecule has 0 radical (unpaired) electrons. The maximum absolute atomic E-state index is 13.5. The highest BCUT2D eigenvalue weighted by atomic mass is 16.5. The fourth-order valence-corrected chi connectivity index (χ4v) is 4.85. The van der Waals surface area contributed by atoms with Crippen molar-refractivity contribution in [3.05, 3.63) is 60.2 Å². The van der Waals surface area contributed by atoms with E-state index in [4.69, 9.17) is 9.26 Å². The maximum atomic E-state index is 13.5. The van der Waals surface area contributed by atoms with Gasteiger partial charge in [0, 0.05) is 43.3 Å². The minimum atomic E-state index is -1.49. The van der Waals surface area contributed by atoms with E-state index in [9.17, 15) is 14.4 Å². The van der Waals surface area contributed by atoms with Crippen molar-refractivity contribution in [2.24, 2.45) is 0 Å². The van der Waals surface area contributed by atoms with Gasteiger partial charge in [-0.15, -0.1) is 0 Å². The predicted octanol–water partition coefficient (Wildman–Crippen LogP) is 2.99. The summed E-state index contributed by atoms with van der Waals surface area (Å²) in [5.41, 5.74) is 0.104. The number of anilines is 1. The number of carbonyl (C=O) groups is 3. The first kappa shape index (κ1) is 22.7. The standard InChI is InChI=1S/C25H25N5O5/c1-16(2)29-23(32)18-8-3-4-9-19(18)30-21(31)11-12-25(29,30)24(33)34-14-6-10-20-27-22(28-35-20)17-7-5-13-26-15-17/h3-5,7-9,13,15-16H,6,10-12,14H2,1-2H3. The fraction of sp³-hybridized carbons (Fsp3) is 0.360. The molecule has 1 aromatic carbocycles. The van der Waals surface area contributed by atoms with Gasteiger partial charge in [-0.25, -0.2) is 4.79 Å². The van der Waals surface area contributed by atoms with Gasteiger partial charge in [-0.05, 0) is 44.5 Å². The summed E-state index contributed by atoms with van der Waals surface area (Å²) in [6, 6.07) is 10.2. The molecule has 0 saturated carbocycles. The van der Waals surface area contributed by atoms with Crippen molar-refractivity contribution in [1.82, 2.24) is 20.0 Å². The van der Waals surface area contributed by atoms with E-state index in [0.717, 1.165) is 5.56 Å². The number of benzene rings is 1. The van der Waals surface area contributed by atoms with Crippen molar-refractivity contribution in [3.8, 4) is 11.4 Å². The van der Waals surface area contributed by atoms with Gasteiger partial charge >= 0.3 is 5.97 Å². The van der Waals surface area contributed by atoms with E-state index in [2.05, 4.69) is 15.1 Å². The summed E-state index contributed by atoms with van der Waals surface area (Å²) in [5, 5.41) is 3.96. The monoisotopic (exact) mass is 475 g/mol. The Hall–Kier alpha value is -4.08. The highest BCUT2D eigenvalue weighted by Gasteiger charge is 2.62. The molecule has 4 heterocycles. The SMILES string of the molecule is CC(C)N1C(=O)c2ccccc2N2C(=O)CCC21C(=O)OCCCc1nc(-c2cccnc2)no1. The van der Waals surface area contributed by atoms with Gasteiger partial charge in [0.05, 0.1) is 17.9 Å². The summed E-state index contributed by atoms with van der Waals surface area (Å²) >= 11 is 0. The predicted molar refractivity (Wildman–Crippen MR) is 124 cm³/mol. The number of hydrogen-bond acceptors (Lipinski definition) is 8. The highest BCUT2D eigenvalue weighted by Crippen LogP contribution is 2.45. The second kappa shape index (κ2) is 8.94. The van der Waals surface area contributed by atoms with E-state index in [-0.39, 0.29) is 37.3 Å². The summed E-state index contributed by atoms with van der Waals surface area (Å²) in [7, 11) is 0. The van der Waals surface area contributed by atoms with Crippen LogP contribution in [0, 0.1) is 0 Å². The Morgan fingerprint density at radius 2 is 2.03 bits per heavy atom. The number of rotatable bonds is 7. The Balaban J connectivity index is 1.31. The molecule has 10 nitrogen and oxygen atoms in total. The van der Waals surface area contributed by atoms with Crippen molar-refractivity contribution in [1.29, 1.82) is 0 Å². The molecular formula is C25H25N5O5.